The SMILES string of the molecule is O=C1CCC(N2C(=O)c3ccc(N4CCN(CC(=O)N5CCC(NC(=O)c6ccc(C#Cc7cnc8c(c7)C(=O)N(C(C(=O)Nc7nccs7)c7ccccc7)C8)cn6)CC5)CC4)cc3C2=O)C(=O)N1. The molecule has 0 spiro atoms. The zero-order valence-corrected chi connectivity index (χ0v) is 38.4. The zero-order valence-electron chi connectivity index (χ0n) is 37.6. The highest BCUT2D eigenvalue weighted by Crippen LogP contribution is 2.33. The van der Waals surface area contributed by atoms with Crippen LogP contribution in [0.25, 0.3) is 0 Å². The Morgan fingerprint density at radius 2 is 1.53 bits per heavy atom. The first-order valence-corrected chi connectivity index (χ1v) is 23.8. The number of benzene rings is 2. The number of anilines is 2. The number of imide groups is 2. The number of pyridine rings is 2. The van der Waals surface area contributed by atoms with Gasteiger partial charge >= 0.3 is 0 Å². The molecule has 3 N–H and O–H groups in total. The van der Waals surface area contributed by atoms with E-state index in [0.717, 1.165) is 10.6 Å². The van der Waals surface area contributed by atoms with Crippen molar-refractivity contribution in [2.24, 2.45) is 0 Å². The number of carbonyl (C=O) groups is 8. The summed E-state index contributed by atoms with van der Waals surface area (Å²) in [5, 5.41) is 10.3. The molecule has 3 saturated heterocycles. The molecule has 19 nitrogen and oxygen atoms in total. The van der Waals surface area contributed by atoms with Crippen LogP contribution in [0, 0.1) is 11.8 Å². The van der Waals surface area contributed by atoms with Crippen molar-refractivity contribution in [1.29, 1.82) is 0 Å². The van der Waals surface area contributed by atoms with E-state index in [1.165, 1.54) is 22.4 Å². The molecule has 0 radical (unpaired) electrons. The lowest BCUT2D eigenvalue weighted by molar-refractivity contribution is -0.136. The second-order valence-electron chi connectivity index (χ2n) is 17.5. The molecular weight excluding hydrogens is 915 g/mol. The fourth-order valence-electron chi connectivity index (χ4n) is 9.43. The van der Waals surface area contributed by atoms with Crippen LogP contribution in [0.1, 0.15) is 95.7 Å². The first-order chi connectivity index (χ1) is 34.0. The highest BCUT2D eigenvalue weighted by molar-refractivity contribution is 7.13. The Kier molecular flexibility index (Phi) is 12.7. The molecule has 8 heterocycles. The maximum atomic E-state index is 13.8. The number of hydrogen-bond donors (Lipinski definition) is 3. The molecule has 0 aliphatic carbocycles. The minimum atomic E-state index is -1.03. The monoisotopic (exact) mass is 959 g/mol. The van der Waals surface area contributed by atoms with E-state index in [-0.39, 0.29) is 72.4 Å². The summed E-state index contributed by atoms with van der Waals surface area (Å²) in [5.41, 5.74) is 4.07. The summed E-state index contributed by atoms with van der Waals surface area (Å²) < 4.78 is 0. The van der Waals surface area contributed by atoms with Crippen LogP contribution < -0.4 is 20.9 Å². The molecule has 2 unspecified atom stereocenters. The number of likely N-dealkylation sites (tertiary alicyclic amines) is 1. The van der Waals surface area contributed by atoms with Gasteiger partial charge in [-0.3, -0.25) is 63.8 Å². The Labute approximate surface area is 405 Å². The van der Waals surface area contributed by atoms with Crippen molar-refractivity contribution in [3.05, 3.63) is 135 Å². The van der Waals surface area contributed by atoms with E-state index in [1.54, 1.807) is 66.3 Å². The Hall–Kier alpha value is -8.15. The average molecular weight is 960 g/mol. The molecule has 3 fully saturated rings. The number of aromatic nitrogens is 3. The molecule has 0 saturated carbocycles. The molecule has 5 aromatic rings. The van der Waals surface area contributed by atoms with Gasteiger partial charge in [0.25, 0.3) is 29.5 Å². The summed E-state index contributed by atoms with van der Waals surface area (Å²) >= 11 is 1.29. The second-order valence-corrected chi connectivity index (χ2v) is 18.4. The van der Waals surface area contributed by atoms with Crippen LogP contribution in [0.5, 0.6) is 0 Å². The molecule has 0 bridgehead atoms. The number of fused-ring (bicyclic) bond motifs is 2. The van der Waals surface area contributed by atoms with Crippen molar-refractivity contribution >= 4 is 69.4 Å². The van der Waals surface area contributed by atoms with Gasteiger partial charge in [0.1, 0.15) is 17.8 Å². The van der Waals surface area contributed by atoms with Crippen molar-refractivity contribution < 1.29 is 38.4 Å². The van der Waals surface area contributed by atoms with E-state index >= 15 is 0 Å². The number of rotatable bonds is 10. The van der Waals surface area contributed by atoms with Gasteiger partial charge in [-0.05, 0) is 61.2 Å². The average Bonchev–Trinajstić information content (AvgIpc) is 4.07. The normalized spacial score (nSPS) is 18.7. The maximum Gasteiger partial charge on any atom is 0.270 e. The van der Waals surface area contributed by atoms with E-state index in [1.807, 2.05) is 23.1 Å². The summed E-state index contributed by atoms with van der Waals surface area (Å²) in [5.74, 6) is 2.87. The molecule has 8 amide bonds. The largest absolute Gasteiger partial charge is 0.369 e. The summed E-state index contributed by atoms with van der Waals surface area (Å²) in [4.78, 5) is 126. The van der Waals surface area contributed by atoms with E-state index in [2.05, 4.69) is 52.5 Å². The van der Waals surface area contributed by atoms with Crippen molar-refractivity contribution in [2.45, 2.75) is 50.4 Å². The van der Waals surface area contributed by atoms with Crippen LogP contribution in [-0.2, 0) is 25.7 Å². The van der Waals surface area contributed by atoms with Crippen molar-refractivity contribution in [1.82, 2.24) is 45.2 Å². The highest BCUT2D eigenvalue weighted by Gasteiger charge is 2.45. The molecule has 3 aromatic heterocycles. The van der Waals surface area contributed by atoms with Gasteiger partial charge in [0.2, 0.25) is 17.7 Å². The van der Waals surface area contributed by atoms with E-state index in [0.29, 0.717) is 85.2 Å². The lowest BCUT2D eigenvalue weighted by Gasteiger charge is -2.38. The van der Waals surface area contributed by atoms with Gasteiger partial charge < -0.3 is 20.0 Å². The first-order valence-electron chi connectivity index (χ1n) is 22.9. The molecule has 2 aromatic carbocycles. The number of nitrogens with one attached hydrogen (secondary N) is 3. The van der Waals surface area contributed by atoms with Crippen molar-refractivity contribution in [3.63, 3.8) is 0 Å². The predicted octanol–water partition coefficient (Wildman–Crippen LogP) is 2.61. The molecule has 5 aliphatic rings. The Morgan fingerprint density at radius 3 is 2.26 bits per heavy atom. The van der Waals surface area contributed by atoms with Gasteiger partial charge in [0.05, 0.1) is 35.5 Å². The van der Waals surface area contributed by atoms with Crippen LogP contribution in [0.3, 0.4) is 0 Å². The highest BCUT2D eigenvalue weighted by atomic mass is 32.1. The molecule has 10 rings (SSSR count). The third-order valence-corrected chi connectivity index (χ3v) is 13.9. The number of amides is 8. The molecule has 20 heteroatoms. The Bertz CT molecular complexity index is 3000. The number of nitrogens with zero attached hydrogens (tertiary/aromatic N) is 8. The number of thiazole rings is 1. The second kappa shape index (κ2) is 19.5. The van der Waals surface area contributed by atoms with Gasteiger partial charge in [0, 0.05) is 92.5 Å². The van der Waals surface area contributed by atoms with E-state index < -0.39 is 35.7 Å². The van der Waals surface area contributed by atoms with Crippen LogP contribution in [0.4, 0.5) is 10.8 Å². The molecule has 5 aliphatic heterocycles. The third kappa shape index (κ3) is 9.36. The van der Waals surface area contributed by atoms with E-state index in [4.69, 9.17) is 0 Å². The third-order valence-electron chi connectivity index (χ3n) is 13.2. The zero-order chi connectivity index (χ0) is 48.5. The topological polar surface area (TPSA) is 228 Å². The minimum Gasteiger partial charge on any atom is -0.369 e. The fraction of sp³-hybridized carbons (Fsp3) is 0.300. The number of carbonyl (C=O) groups excluding carboxylic acids is 8. The van der Waals surface area contributed by atoms with Gasteiger partial charge in [0.15, 0.2) is 5.13 Å². The van der Waals surface area contributed by atoms with Gasteiger partial charge in [-0.2, -0.15) is 0 Å². The quantitative estimate of drug-likeness (QED) is 0.135. The molecule has 2 atom stereocenters. The van der Waals surface area contributed by atoms with Crippen LogP contribution in [0.2, 0.25) is 0 Å². The van der Waals surface area contributed by atoms with Gasteiger partial charge in [-0.25, -0.2) is 9.97 Å². The first kappa shape index (κ1) is 45.6. The number of piperazine rings is 1. The predicted molar refractivity (Wildman–Crippen MR) is 253 cm³/mol. The van der Waals surface area contributed by atoms with Crippen LogP contribution >= 0.6 is 11.3 Å². The van der Waals surface area contributed by atoms with Crippen molar-refractivity contribution in [3.8, 4) is 11.8 Å². The van der Waals surface area contributed by atoms with Gasteiger partial charge in [-0.15, -0.1) is 11.3 Å². The smallest absolute Gasteiger partial charge is 0.270 e. The summed E-state index contributed by atoms with van der Waals surface area (Å²) in [6.07, 6.45) is 6.02. The summed E-state index contributed by atoms with van der Waals surface area (Å²) in [7, 11) is 0. The lowest BCUT2D eigenvalue weighted by atomic mass is 10.0. The number of hydrogen-bond acceptors (Lipinski definition) is 14. The Balaban J connectivity index is 0.674. The van der Waals surface area contributed by atoms with Crippen LogP contribution in [0.15, 0.2) is 90.7 Å². The molecule has 354 valence electrons. The van der Waals surface area contributed by atoms with Gasteiger partial charge in [-0.1, -0.05) is 42.2 Å². The molecule has 70 heavy (non-hydrogen) atoms. The van der Waals surface area contributed by atoms with Crippen LogP contribution in [-0.4, -0.2) is 140 Å². The summed E-state index contributed by atoms with van der Waals surface area (Å²) in [6.45, 7) is 3.83. The van der Waals surface area contributed by atoms with Crippen molar-refractivity contribution in [2.75, 3.05) is 56.0 Å². The Morgan fingerprint density at radius 1 is 0.771 bits per heavy atom. The summed E-state index contributed by atoms with van der Waals surface area (Å²) in [6, 6.07) is 17.1. The number of piperidine rings is 2. The lowest BCUT2D eigenvalue weighted by Crippen LogP contribution is -2.54. The molecular formula is C50H45N11O8S. The fourth-order valence-corrected chi connectivity index (χ4v) is 9.96. The maximum absolute atomic E-state index is 13.8. The van der Waals surface area contributed by atoms with E-state index in [9.17, 15) is 38.4 Å². The minimum absolute atomic E-state index is 0.0140. The standard InChI is InChI=1S/C50H45N11O8S/c62-41-13-12-40(45(65)55-41)61-48(68)35-10-9-34(25-36(35)49(61)69)58-21-19-57(20-22-58)29-42(63)59-17-14-33(15-18-59)54-44(64)38-11-8-30(26-52-38)6-7-31-24-37-39(53-27-31)28-60(47(37)67)43(32-4-2-1-3-5-32)46(66)56-50-51-16-23-70-50/h1-5,8-11,16,23-27,33,40,43H,12-15,17-22,28-29H2,(H,54,64)(H,51,56,66)(H,55,62,65).